The number of rotatable bonds is 1. The Kier molecular flexibility index (Phi) is 4.09. The van der Waals surface area contributed by atoms with Crippen LogP contribution in [0.4, 0.5) is 0 Å². The standard InChI is InChI=1S/C33H28N3/c1-19-22-10-6-7-11-23(22)25(17-33(2,3)4)31-27(19)32-29-20(15-16-35(32)5)13-14-24-28-21(18-34)9-8-12-26(28)36(31)30(24)29/h6-16H,17H2,1-5H3/q+1. The van der Waals surface area contributed by atoms with E-state index >= 15 is 0 Å². The highest BCUT2D eigenvalue weighted by molar-refractivity contribution is 6.29. The summed E-state index contributed by atoms with van der Waals surface area (Å²) in [6, 6.07) is 24.2. The third-order valence-electron chi connectivity index (χ3n) is 7.90. The topological polar surface area (TPSA) is 32.1 Å². The van der Waals surface area contributed by atoms with Gasteiger partial charge in [0.25, 0.3) is 0 Å². The molecule has 0 aliphatic heterocycles. The second-order valence-corrected chi connectivity index (χ2v) is 11.5. The molecule has 0 saturated carbocycles. The fraction of sp³-hybridized carbons (Fsp3) is 0.212. The van der Waals surface area contributed by atoms with Crippen molar-refractivity contribution in [1.82, 2.24) is 4.40 Å². The average Bonchev–Trinajstić information content (AvgIpc) is 3.21. The van der Waals surface area contributed by atoms with E-state index in [1.807, 2.05) is 12.1 Å². The molecule has 0 amide bonds. The molecule has 3 heterocycles. The van der Waals surface area contributed by atoms with E-state index in [0.717, 1.165) is 28.3 Å². The Hall–Kier alpha value is -4.16. The summed E-state index contributed by atoms with van der Waals surface area (Å²) in [5.41, 5.74) is 8.40. The van der Waals surface area contributed by atoms with Gasteiger partial charge in [-0.05, 0) is 58.2 Å². The van der Waals surface area contributed by atoms with Gasteiger partial charge in [0.2, 0.25) is 5.52 Å². The molecule has 7 aromatic rings. The van der Waals surface area contributed by atoms with Gasteiger partial charge in [-0.2, -0.15) is 5.26 Å². The van der Waals surface area contributed by atoms with E-state index in [-0.39, 0.29) is 5.41 Å². The Bertz CT molecular complexity index is 2080. The van der Waals surface area contributed by atoms with Gasteiger partial charge < -0.3 is 4.40 Å². The predicted octanol–water partition coefficient (Wildman–Crippen LogP) is 7.74. The first-order chi connectivity index (χ1) is 17.3. The Morgan fingerprint density at radius 2 is 1.61 bits per heavy atom. The number of hydrogen-bond acceptors (Lipinski definition) is 1. The van der Waals surface area contributed by atoms with Crippen molar-refractivity contribution in [1.29, 1.82) is 5.26 Å². The summed E-state index contributed by atoms with van der Waals surface area (Å²) < 4.78 is 4.77. The molecule has 4 aromatic carbocycles. The van der Waals surface area contributed by atoms with Crippen LogP contribution in [0.3, 0.4) is 0 Å². The first-order valence-corrected chi connectivity index (χ1v) is 12.6. The molecule has 0 saturated heterocycles. The van der Waals surface area contributed by atoms with Gasteiger partial charge in [-0.1, -0.05) is 63.2 Å². The van der Waals surface area contributed by atoms with Crippen molar-refractivity contribution < 1.29 is 4.57 Å². The first-order valence-electron chi connectivity index (χ1n) is 12.6. The highest BCUT2D eigenvalue weighted by atomic mass is 15.0. The summed E-state index contributed by atoms with van der Waals surface area (Å²) >= 11 is 0. The fourth-order valence-electron chi connectivity index (χ4n) is 6.54. The normalized spacial score (nSPS) is 12.7. The van der Waals surface area contributed by atoms with E-state index in [0.29, 0.717) is 0 Å². The maximum atomic E-state index is 10.1. The Morgan fingerprint density at radius 3 is 2.36 bits per heavy atom. The SMILES string of the molecule is Cc1c2ccccc2c(CC(C)(C)C)c2c1c1c3c(ccc4c5c(C#N)cccc5n2c43)cc[n+]1C. The highest BCUT2D eigenvalue weighted by Crippen LogP contribution is 2.45. The zero-order valence-corrected chi connectivity index (χ0v) is 21.4. The number of nitriles is 1. The number of aromatic nitrogens is 2. The van der Waals surface area contributed by atoms with Gasteiger partial charge in [-0.15, -0.1) is 0 Å². The zero-order valence-electron chi connectivity index (χ0n) is 21.4. The largest absolute Gasteiger partial charge is 0.307 e. The second-order valence-electron chi connectivity index (χ2n) is 11.5. The van der Waals surface area contributed by atoms with Crippen molar-refractivity contribution in [3.05, 3.63) is 83.6 Å². The van der Waals surface area contributed by atoms with E-state index in [4.69, 9.17) is 0 Å². The Morgan fingerprint density at radius 1 is 0.833 bits per heavy atom. The zero-order chi connectivity index (χ0) is 24.9. The summed E-state index contributed by atoms with van der Waals surface area (Å²) in [7, 11) is 2.16. The third-order valence-corrected chi connectivity index (χ3v) is 7.90. The molecule has 0 N–H and O–H groups in total. The van der Waals surface area contributed by atoms with Crippen LogP contribution in [0.5, 0.6) is 0 Å². The predicted molar refractivity (Wildman–Crippen MR) is 150 cm³/mol. The molecular formula is C33H28N3+. The molecule has 36 heavy (non-hydrogen) atoms. The molecular weight excluding hydrogens is 438 g/mol. The minimum Gasteiger partial charge on any atom is -0.307 e. The smallest absolute Gasteiger partial charge is 0.224 e. The van der Waals surface area contributed by atoms with Crippen molar-refractivity contribution >= 4 is 59.8 Å². The lowest BCUT2D eigenvalue weighted by molar-refractivity contribution is -0.643. The van der Waals surface area contributed by atoms with Crippen molar-refractivity contribution in [3.8, 4) is 6.07 Å². The molecule has 3 aromatic heterocycles. The van der Waals surface area contributed by atoms with Crippen LogP contribution in [-0.4, -0.2) is 4.40 Å². The van der Waals surface area contributed by atoms with Crippen molar-refractivity contribution in [2.75, 3.05) is 0 Å². The van der Waals surface area contributed by atoms with Crippen molar-refractivity contribution in [2.45, 2.75) is 34.1 Å². The summed E-state index contributed by atoms with van der Waals surface area (Å²) in [6.45, 7) is 9.24. The van der Waals surface area contributed by atoms with Gasteiger partial charge >= 0.3 is 0 Å². The van der Waals surface area contributed by atoms with Gasteiger partial charge in [-0.3, -0.25) is 0 Å². The minimum atomic E-state index is 0.108. The lowest BCUT2D eigenvalue weighted by Gasteiger charge is -2.24. The van der Waals surface area contributed by atoms with E-state index in [1.165, 1.54) is 54.6 Å². The summed E-state index contributed by atoms with van der Waals surface area (Å²) in [5.74, 6) is 0. The lowest BCUT2D eigenvalue weighted by Crippen LogP contribution is -2.29. The lowest BCUT2D eigenvalue weighted by atomic mass is 9.83. The maximum absolute atomic E-state index is 10.1. The van der Waals surface area contributed by atoms with Crippen LogP contribution in [-0.2, 0) is 13.5 Å². The summed E-state index contributed by atoms with van der Waals surface area (Å²) in [4.78, 5) is 0. The Labute approximate surface area is 210 Å². The summed E-state index contributed by atoms with van der Waals surface area (Å²) in [5, 5.41) is 18.7. The molecule has 0 aliphatic rings. The van der Waals surface area contributed by atoms with Crippen LogP contribution >= 0.6 is 0 Å². The van der Waals surface area contributed by atoms with E-state index in [2.05, 4.69) is 105 Å². The number of pyridine rings is 2. The molecule has 0 bridgehead atoms. The number of hydrogen-bond donors (Lipinski definition) is 0. The van der Waals surface area contributed by atoms with Crippen LogP contribution < -0.4 is 4.57 Å². The quantitative estimate of drug-likeness (QED) is 0.138. The van der Waals surface area contributed by atoms with E-state index in [9.17, 15) is 5.26 Å². The Balaban J connectivity index is 1.96. The molecule has 0 radical (unpaired) electrons. The molecule has 0 atom stereocenters. The monoisotopic (exact) mass is 466 g/mol. The van der Waals surface area contributed by atoms with Crippen LogP contribution in [0, 0.1) is 23.7 Å². The molecule has 3 nitrogen and oxygen atoms in total. The van der Waals surface area contributed by atoms with Gasteiger partial charge in [0.05, 0.1) is 39.0 Å². The van der Waals surface area contributed by atoms with Gasteiger partial charge in [0, 0.05) is 16.8 Å². The van der Waals surface area contributed by atoms with E-state index in [1.54, 1.807) is 0 Å². The highest BCUT2D eigenvalue weighted by Gasteiger charge is 2.28. The van der Waals surface area contributed by atoms with Crippen LogP contribution in [0.25, 0.3) is 59.8 Å². The third kappa shape index (κ3) is 2.59. The molecule has 0 spiro atoms. The van der Waals surface area contributed by atoms with E-state index < -0.39 is 0 Å². The van der Waals surface area contributed by atoms with Crippen molar-refractivity contribution in [3.63, 3.8) is 0 Å². The number of aryl methyl sites for hydroxylation is 2. The van der Waals surface area contributed by atoms with Crippen LogP contribution in [0.15, 0.2) is 66.9 Å². The molecule has 174 valence electrons. The maximum Gasteiger partial charge on any atom is 0.224 e. The number of nitrogens with zero attached hydrogens (tertiary/aromatic N) is 3. The number of fused-ring (bicyclic) bond motifs is 7. The second kappa shape index (κ2) is 6.95. The van der Waals surface area contributed by atoms with Gasteiger partial charge in [0.15, 0.2) is 6.20 Å². The molecule has 7 rings (SSSR count). The average molecular weight is 467 g/mol. The minimum absolute atomic E-state index is 0.108. The van der Waals surface area contributed by atoms with Crippen molar-refractivity contribution in [2.24, 2.45) is 12.5 Å². The number of benzene rings is 4. The van der Waals surface area contributed by atoms with Gasteiger partial charge in [-0.25, -0.2) is 4.57 Å². The van der Waals surface area contributed by atoms with Gasteiger partial charge in [0.1, 0.15) is 7.05 Å². The summed E-state index contributed by atoms with van der Waals surface area (Å²) in [6.07, 6.45) is 3.14. The molecule has 0 unspecified atom stereocenters. The fourth-order valence-corrected chi connectivity index (χ4v) is 6.54. The molecule has 0 fully saturated rings. The molecule has 0 aliphatic carbocycles. The van der Waals surface area contributed by atoms with Crippen LogP contribution in [0.1, 0.15) is 37.5 Å². The molecule has 3 heteroatoms. The van der Waals surface area contributed by atoms with Crippen LogP contribution in [0.2, 0.25) is 0 Å². The first kappa shape index (κ1) is 21.1.